The predicted molar refractivity (Wildman–Crippen MR) is 108 cm³/mol. The monoisotopic (exact) mass is 438 g/mol. The Morgan fingerprint density at radius 1 is 1.31 bits per heavy atom. The predicted octanol–water partition coefficient (Wildman–Crippen LogP) is 5.24. The fourth-order valence-electron chi connectivity index (χ4n) is 2.45. The minimum Gasteiger partial charge on any atom is -0.508 e. The highest BCUT2D eigenvalue weighted by molar-refractivity contribution is 9.10. The van der Waals surface area contributed by atoms with E-state index in [0.717, 1.165) is 10.0 Å². The van der Waals surface area contributed by atoms with Crippen LogP contribution in [0.15, 0.2) is 40.9 Å². The van der Waals surface area contributed by atoms with Crippen molar-refractivity contribution >= 4 is 39.4 Å². The number of ketones is 1. The highest BCUT2D eigenvalue weighted by atomic mass is 79.9. The molecule has 4 nitrogen and oxygen atoms in total. The first-order chi connectivity index (χ1) is 12.5. The number of allylic oxidation sites excluding steroid dienone is 1. The van der Waals surface area contributed by atoms with Crippen LogP contribution < -0.4 is 9.47 Å². The van der Waals surface area contributed by atoms with E-state index >= 15 is 0 Å². The highest BCUT2D eigenvalue weighted by Crippen LogP contribution is 2.37. The second-order valence-corrected chi connectivity index (χ2v) is 6.68. The Bertz CT molecular complexity index is 818. The quantitative estimate of drug-likeness (QED) is 0.347. The SMILES string of the molecule is CCOc1cc(/C=C/C(=O)c2ccc(O)c(CCCl)c2)cc(Br)c1OC. The highest BCUT2D eigenvalue weighted by Gasteiger charge is 2.11. The van der Waals surface area contributed by atoms with Crippen molar-refractivity contribution in [2.45, 2.75) is 13.3 Å². The average Bonchev–Trinajstić information content (AvgIpc) is 2.62. The van der Waals surface area contributed by atoms with Gasteiger partial charge in [-0.15, -0.1) is 11.6 Å². The number of halogens is 2. The van der Waals surface area contributed by atoms with Crippen molar-refractivity contribution in [3.05, 3.63) is 57.6 Å². The van der Waals surface area contributed by atoms with Gasteiger partial charge in [-0.1, -0.05) is 6.08 Å². The minimum atomic E-state index is -0.161. The summed E-state index contributed by atoms with van der Waals surface area (Å²) >= 11 is 9.18. The molecule has 6 heteroatoms. The molecular formula is C20H20BrClO4. The molecule has 0 atom stereocenters. The number of ether oxygens (including phenoxy) is 2. The number of aryl methyl sites for hydroxylation is 1. The molecule has 2 rings (SSSR count). The Kier molecular flexibility index (Phi) is 7.54. The van der Waals surface area contributed by atoms with Crippen LogP contribution in [0.3, 0.4) is 0 Å². The molecule has 0 aliphatic rings. The lowest BCUT2D eigenvalue weighted by Gasteiger charge is -2.12. The van der Waals surface area contributed by atoms with Gasteiger partial charge in [-0.2, -0.15) is 0 Å². The van der Waals surface area contributed by atoms with Crippen LogP contribution in [0.5, 0.6) is 17.2 Å². The number of benzene rings is 2. The lowest BCUT2D eigenvalue weighted by atomic mass is 10.0. The van der Waals surface area contributed by atoms with Gasteiger partial charge >= 0.3 is 0 Å². The van der Waals surface area contributed by atoms with Gasteiger partial charge in [-0.25, -0.2) is 0 Å². The summed E-state index contributed by atoms with van der Waals surface area (Å²) in [4.78, 5) is 12.4. The van der Waals surface area contributed by atoms with E-state index in [0.29, 0.717) is 41.5 Å². The summed E-state index contributed by atoms with van der Waals surface area (Å²) < 4.78 is 11.7. The van der Waals surface area contributed by atoms with E-state index in [9.17, 15) is 9.90 Å². The van der Waals surface area contributed by atoms with Crippen molar-refractivity contribution in [2.24, 2.45) is 0 Å². The molecule has 0 aliphatic heterocycles. The van der Waals surface area contributed by atoms with Crippen molar-refractivity contribution in [3.63, 3.8) is 0 Å². The Morgan fingerprint density at radius 2 is 2.08 bits per heavy atom. The Balaban J connectivity index is 2.26. The molecule has 1 N–H and O–H groups in total. The maximum atomic E-state index is 12.4. The number of phenols is 1. The molecule has 0 saturated heterocycles. The summed E-state index contributed by atoms with van der Waals surface area (Å²) in [7, 11) is 1.57. The molecule has 2 aromatic carbocycles. The van der Waals surface area contributed by atoms with Gasteiger partial charge in [0.15, 0.2) is 17.3 Å². The van der Waals surface area contributed by atoms with Crippen LogP contribution in [-0.4, -0.2) is 30.5 Å². The molecule has 0 amide bonds. The number of carbonyl (C=O) groups excluding carboxylic acids is 1. The zero-order valence-corrected chi connectivity index (χ0v) is 16.9. The van der Waals surface area contributed by atoms with Crippen molar-refractivity contribution < 1.29 is 19.4 Å². The Morgan fingerprint density at radius 3 is 2.73 bits per heavy atom. The Labute approximate surface area is 166 Å². The zero-order chi connectivity index (χ0) is 19.1. The minimum absolute atomic E-state index is 0.145. The molecule has 0 aromatic heterocycles. The molecule has 138 valence electrons. The van der Waals surface area contributed by atoms with E-state index in [4.69, 9.17) is 21.1 Å². The normalized spacial score (nSPS) is 10.9. The number of aromatic hydroxyl groups is 1. The molecule has 0 heterocycles. The van der Waals surface area contributed by atoms with Crippen LogP contribution in [0.25, 0.3) is 6.08 Å². The van der Waals surface area contributed by atoms with Gasteiger partial charge in [0.05, 0.1) is 18.2 Å². The lowest BCUT2D eigenvalue weighted by Crippen LogP contribution is -1.98. The van der Waals surface area contributed by atoms with Crippen molar-refractivity contribution in [1.82, 2.24) is 0 Å². The van der Waals surface area contributed by atoms with Gasteiger partial charge in [0, 0.05) is 11.4 Å². The van der Waals surface area contributed by atoms with Crippen LogP contribution in [0.2, 0.25) is 0 Å². The number of phenolic OH excluding ortho intramolecular Hbond substituents is 1. The number of methoxy groups -OCH3 is 1. The van der Waals surface area contributed by atoms with Crippen LogP contribution in [0.4, 0.5) is 0 Å². The lowest BCUT2D eigenvalue weighted by molar-refractivity contribution is 0.104. The first kappa shape index (κ1) is 20.3. The summed E-state index contributed by atoms with van der Waals surface area (Å²) in [6.07, 6.45) is 3.70. The van der Waals surface area contributed by atoms with Crippen molar-refractivity contribution in [3.8, 4) is 17.2 Å². The van der Waals surface area contributed by atoms with E-state index < -0.39 is 0 Å². The number of rotatable bonds is 8. The van der Waals surface area contributed by atoms with Gasteiger partial charge in [0.25, 0.3) is 0 Å². The van der Waals surface area contributed by atoms with Crippen molar-refractivity contribution in [1.29, 1.82) is 0 Å². The van der Waals surface area contributed by atoms with Crippen LogP contribution in [-0.2, 0) is 6.42 Å². The van der Waals surface area contributed by atoms with Crippen LogP contribution in [0, 0.1) is 0 Å². The van der Waals surface area contributed by atoms with Crippen molar-refractivity contribution in [2.75, 3.05) is 19.6 Å². The molecule has 0 radical (unpaired) electrons. The van der Waals surface area contributed by atoms with Gasteiger partial charge in [-0.05, 0) is 76.8 Å². The third-order valence-corrected chi connectivity index (χ3v) is 4.47. The molecule has 0 unspecified atom stereocenters. The summed E-state index contributed by atoms with van der Waals surface area (Å²) in [6.45, 7) is 2.40. The fraction of sp³-hybridized carbons (Fsp3) is 0.250. The van der Waals surface area contributed by atoms with Crippen LogP contribution >= 0.6 is 27.5 Å². The van der Waals surface area contributed by atoms with Gasteiger partial charge in [0.1, 0.15) is 5.75 Å². The summed E-state index contributed by atoms with van der Waals surface area (Å²) in [5.74, 6) is 1.57. The number of alkyl halides is 1. The van der Waals surface area contributed by atoms with E-state index in [1.54, 1.807) is 25.3 Å². The van der Waals surface area contributed by atoms with E-state index in [-0.39, 0.29) is 11.5 Å². The van der Waals surface area contributed by atoms with Crippen LogP contribution in [0.1, 0.15) is 28.4 Å². The number of carbonyl (C=O) groups is 1. The largest absolute Gasteiger partial charge is 0.508 e. The first-order valence-corrected chi connectivity index (χ1v) is 9.43. The molecule has 0 fully saturated rings. The smallest absolute Gasteiger partial charge is 0.185 e. The van der Waals surface area contributed by atoms with Gasteiger partial charge in [0.2, 0.25) is 0 Å². The molecule has 26 heavy (non-hydrogen) atoms. The standard InChI is InChI=1S/C20H20BrClO4/c1-3-26-19-11-13(10-16(21)20(19)25-2)4-6-17(23)14-5-7-18(24)15(12-14)8-9-22/h4-7,10-12,24H,3,8-9H2,1-2H3/b6-4+. The molecule has 0 spiro atoms. The maximum absolute atomic E-state index is 12.4. The second-order valence-electron chi connectivity index (χ2n) is 5.45. The molecule has 2 aromatic rings. The molecular weight excluding hydrogens is 420 g/mol. The molecule has 0 bridgehead atoms. The average molecular weight is 440 g/mol. The van der Waals surface area contributed by atoms with E-state index in [1.807, 2.05) is 19.1 Å². The zero-order valence-electron chi connectivity index (χ0n) is 14.6. The third-order valence-electron chi connectivity index (χ3n) is 3.69. The van der Waals surface area contributed by atoms with E-state index in [2.05, 4.69) is 15.9 Å². The first-order valence-electron chi connectivity index (χ1n) is 8.10. The maximum Gasteiger partial charge on any atom is 0.185 e. The summed E-state index contributed by atoms with van der Waals surface area (Å²) in [5, 5.41) is 9.80. The topological polar surface area (TPSA) is 55.8 Å². The van der Waals surface area contributed by atoms with Gasteiger partial charge < -0.3 is 14.6 Å². The summed E-state index contributed by atoms with van der Waals surface area (Å²) in [5.41, 5.74) is 1.95. The van der Waals surface area contributed by atoms with E-state index in [1.165, 1.54) is 12.1 Å². The molecule has 0 saturated carbocycles. The Hall–Kier alpha value is -1.98. The number of hydrogen-bond donors (Lipinski definition) is 1. The second kappa shape index (κ2) is 9.64. The third kappa shape index (κ3) is 5.02. The van der Waals surface area contributed by atoms with Gasteiger partial charge in [-0.3, -0.25) is 4.79 Å². The fourth-order valence-corrected chi connectivity index (χ4v) is 3.28. The molecule has 0 aliphatic carbocycles. The summed E-state index contributed by atoms with van der Waals surface area (Å²) in [6, 6.07) is 8.43. The number of hydrogen-bond acceptors (Lipinski definition) is 4.